The Morgan fingerprint density at radius 1 is 0.941 bits per heavy atom. The lowest BCUT2D eigenvalue weighted by molar-refractivity contribution is -0.116. The first-order valence-electron chi connectivity index (χ1n) is 10.8. The predicted octanol–water partition coefficient (Wildman–Crippen LogP) is 4.43. The van der Waals surface area contributed by atoms with E-state index in [1.165, 1.54) is 16.7 Å². The van der Waals surface area contributed by atoms with E-state index in [1.54, 1.807) is 42.5 Å². The molecule has 0 saturated carbocycles. The van der Waals surface area contributed by atoms with E-state index in [2.05, 4.69) is 10.0 Å². The number of para-hydroxylation sites is 2. The average molecular weight is 480 g/mol. The van der Waals surface area contributed by atoms with Crippen LogP contribution in [0.1, 0.15) is 24.0 Å². The number of hydrogen-bond donors (Lipinski definition) is 2. The molecule has 0 aliphatic heterocycles. The van der Waals surface area contributed by atoms with Gasteiger partial charge in [-0.15, -0.1) is 0 Å². The third-order valence-electron chi connectivity index (χ3n) is 5.57. The van der Waals surface area contributed by atoms with Crippen molar-refractivity contribution in [3.05, 3.63) is 88.4 Å². The molecule has 0 bridgehead atoms. The number of oxazole rings is 1. The Morgan fingerprint density at radius 3 is 2.38 bits per heavy atom. The van der Waals surface area contributed by atoms with Crippen LogP contribution in [0, 0.1) is 13.8 Å². The zero-order valence-corrected chi connectivity index (χ0v) is 19.7. The molecule has 0 spiro atoms. The Morgan fingerprint density at radius 2 is 1.65 bits per heavy atom. The van der Waals surface area contributed by atoms with Crippen molar-refractivity contribution < 1.29 is 17.6 Å². The Bertz CT molecular complexity index is 1500. The van der Waals surface area contributed by atoms with Crippen LogP contribution in [0.2, 0.25) is 0 Å². The molecule has 4 rings (SSSR count). The number of hydrogen-bond acceptors (Lipinski definition) is 5. The highest BCUT2D eigenvalue weighted by Gasteiger charge is 2.15. The topological polar surface area (TPSA) is 110 Å². The molecule has 34 heavy (non-hydrogen) atoms. The monoisotopic (exact) mass is 479 g/mol. The normalized spacial score (nSPS) is 11.5. The number of carbonyl (C=O) groups is 1. The van der Waals surface area contributed by atoms with Crippen LogP contribution in [0.5, 0.6) is 0 Å². The molecule has 176 valence electrons. The number of carbonyl (C=O) groups excluding carboxylic acids is 1. The second-order valence-electron chi connectivity index (χ2n) is 8.07. The molecule has 8 nitrogen and oxygen atoms in total. The highest BCUT2D eigenvalue weighted by molar-refractivity contribution is 7.92. The van der Waals surface area contributed by atoms with Gasteiger partial charge < -0.3 is 9.73 Å². The van der Waals surface area contributed by atoms with Gasteiger partial charge in [0.2, 0.25) is 5.91 Å². The number of nitrogens with one attached hydrogen (secondary N) is 2. The van der Waals surface area contributed by atoms with Crippen molar-refractivity contribution >= 4 is 38.4 Å². The number of sulfonamides is 1. The number of anilines is 2. The SMILES string of the molecule is Cc1ccc(NS(=O)(=O)c2ccc(NC(=O)CCCn3c(=O)oc4ccccc43)cc2)cc1C. The quantitative estimate of drug-likeness (QED) is 0.388. The van der Waals surface area contributed by atoms with Gasteiger partial charge in [0.1, 0.15) is 0 Å². The van der Waals surface area contributed by atoms with Crippen LogP contribution >= 0.6 is 0 Å². The zero-order chi connectivity index (χ0) is 24.3. The van der Waals surface area contributed by atoms with Gasteiger partial charge in [-0.05, 0) is 79.9 Å². The van der Waals surface area contributed by atoms with Gasteiger partial charge in [-0.3, -0.25) is 14.1 Å². The maximum Gasteiger partial charge on any atom is 0.419 e. The van der Waals surface area contributed by atoms with Gasteiger partial charge in [-0.1, -0.05) is 18.2 Å². The Kier molecular flexibility index (Phi) is 6.56. The second kappa shape index (κ2) is 9.56. The fraction of sp³-hybridized carbons (Fsp3) is 0.200. The number of amides is 1. The minimum atomic E-state index is -3.75. The first kappa shape index (κ1) is 23.3. The summed E-state index contributed by atoms with van der Waals surface area (Å²) in [5.74, 6) is -0.683. The van der Waals surface area contributed by atoms with Gasteiger partial charge in [0.05, 0.1) is 10.4 Å². The molecule has 1 aromatic heterocycles. The lowest BCUT2D eigenvalue weighted by Crippen LogP contribution is -2.17. The summed E-state index contributed by atoms with van der Waals surface area (Å²) >= 11 is 0. The van der Waals surface area contributed by atoms with E-state index < -0.39 is 15.8 Å². The third kappa shape index (κ3) is 5.20. The van der Waals surface area contributed by atoms with Gasteiger partial charge in [0.25, 0.3) is 10.0 Å². The van der Waals surface area contributed by atoms with Crippen LogP contribution in [0.15, 0.2) is 80.8 Å². The molecule has 3 aromatic carbocycles. The first-order valence-corrected chi connectivity index (χ1v) is 12.3. The van der Waals surface area contributed by atoms with Gasteiger partial charge in [-0.25, -0.2) is 13.2 Å². The third-order valence-corrected chi connectivity index (χ3v) is 6.96. The minimum Gasteiger partial charge on any atom is -0.408 e. The second-order valence-corrected chi connectivity index (χ2v) is 9.75. The fourth-order valence-corrected chi connectivity index (χ4v) is 4.63. The van der Waals surface area contributed by atoms with E-state index in [0.717, 1.165) is 11.1 Å². The summed E-state index contributed by atoms with van der Waals surface area (Å²) in [4.78, 5) is 24.4. The first-order chi connectivity index (χ1) is 16.2. The maximum atomic E-state index is 12.7. The smallest absolute Gasteiger partial charge is 0.408 e. The molecule has 4 aromatic rings. The van der Waals surface area contributed by atoms with Gasteiger partial charge in [0, 0.05) is 24.3 Å². The lowest BCUT2D eigenvalue weighted by atomic mass is 10.1. The molecule has 0 saturated heterocycles. The van der Waals surface area contributed by atoms with Crippen molar-refractivity contribution in [2.45, 2.75) is 38.1 Å². The van der Waals surface area contributed by atoms with Crippen LogP contribution in [0.4, 0.5) is 11.4 Å². The summed E-state index contributed by atoms with van der Waals surface area (Å²) in [6.07, 6.45) is 0.641. The standard InChI is InChI=1S/C25H25N3O5S/c1-17-9-10-20(16-18(17)2)27-34(31,32)21-13-11-19(12-14-21)26-24(29)8-5-15-28-22-6-3-4-7-23(22)33-25(28)30/h3-4,6-7,9-14,16,27H,5,8,15H2,1-2H3,(H,26,29). The van der Waals surface area contributed by atoms with Gasteiger partial charge in [0.15, 0.2) is 5.58 Å². The minimum absolute atomic E-state index is 0.0925. The number of rotatable bonds is 8. The molecule has 0 aliphatic carbocycles. The van der Waals surface area contributed by atoms with Crippen molar-refractivity contribution in [2.24, 2.45) is 0 Å². The number of aromatic nitrogens is 1. The van der Waals surface area contributed by atoms with E-state index >= 15 is 0 Å². The number of aryl methyl sites for hydroxylation is 3. The molecule has 1 heterocycles. The molecular formula is C25H25N3O5S. The Balaban J connectivity index is 1.33. The van der Waals surface area contributed by atoms with Crippen LogP contribution in [-0.4, -0.2) is 18.9 Å². The molecular weight excluding hydrogens is 454 g/mol. The van der Waals surface area contributed by atoms with E-state index in [9.17, 15) is 18.0 Å². The Labute approximate surface area is 197 Å². The molecule has 2 N–H and O–H groups in total. The Hall–Kier alpha value is -3.85. The summed E-state index contributed by atoms with van der Waals surface area (Å²) < 4.78 is 34.6. The van der Waals surface area contributed by atoms with Crippen molar-refractivity contribution in [3.63, 3.8) is 0 Å². The van der Waals surface area contributed by atoms with E-state index in [1.807, 2.05) is 26.0 Å². The summed E-state index contributed by atoms with van der Waals surface area (Å²) in [7, 11) is -3.75. The van der Waals surface area contributed by atoms with Gasteiger partial charge in [-0.2, -0.15) is 0 Å². The largest absolute Gasteiger partial charge is 0.419 e. The van der Waals surface area contributed by atoms with Crippen LogP contribution < -0.4 is 15.8 Å². The summed E-state index contributed by atoms with van der Waals surface area (Å²) in [6.45, 7) is 4.23. The molecule has 1 amide bonds. The number of fused-ring (bicyclic) bond motifs is 1. The highest BCUT2D eigenvalue weighted by atomic mass is 32.2. The molecule has 0 fully saturated rings. The van der Waals surface area contributed by atoms with E-state index in [0.29, 0.717) is 35.4 Å². The van der Waals surface area contributed by atoms with Crippen molar-refractivity contribution in [3.8, 4) is 0 Å². The number of nitrogens with zero attached hydrogens (tertiary/aromatic N) is 1. The molecule has 0 atom stereocenters. The summed E-state index contributed by atoms with van der Waals surface area (Å²) in [5, 5.41) is 2.75. The highest BCUT2D eigenvalue weighted by Crippen LogP contribution is 2.20. The van der Waals surface area contributed by atoms with Gasteiger partial charge >= 0.3 is 5.76 Å². The molecule has 0 radical (unpaired) electrons. The average Bonchev–Trinajstić information content (AvgIpc) is 3.11. The zero-order valence-electron chi connectivity index (χ0n) is 18.9. The van der Waals surface area contributed by atoms with Crippen molar-refractivity contribution in [2.75, 3.05) is 10.0 Å². The van der Waals surface area contributed by atoms with Crippen LogP contribution in [0.3, 0.4) is 0 Å². The predicted molar refractivity (Wildman–Crippen MR) is 132 cm³/mol. The van der Waals surface area contributed by atoms with Crippen molar-refractivity contribution in [1.29, 1.82) is 0 Å². The number of benzene rings is 3. The summed E-state index contributed by atoms with van der Waals surface area (Å²) in [5.41, 5.74) is 4.25. The van der Waals surface area contributed by atoms with E-state index in [4.69, 9.17) is 4.42 Å². The molecule has 9 heteroatoms. The molecule has 0 aliphatic rings. The van der Waals surface area contributed by atoms with Crippen molar-refractivity contribution in [1.82, 2.24) is 4.57 Å². The maximum absolute atomic E-state index is 12.7. The molecule has 0 unspecified atom stereocenters. The summed E-state index contributed by atoms with van der Waals surface area (Å²) in [6, 6.07) is 18.5. The van der Waals surface area contributed by atoms with Crippen LogP contribution in [0.25, 0.3) is 11.1 Å². The fourth-order valence-electron chi connectivity index (χ4n) is 3.58. The van der Waals surface area contributed by atoms with E-state index in [-0.39, 0.29) is 17.2 Å². The lowest BCUT2D eigenvalue weighted by Gasteiger charge is -2.11. The van der Waals surface area contributed by atoms with Crippen LogP contribution in [-0.2, 0) is 21.4 Å².